The van der Waals surface area contributed by atoms with Crippen molar-refractivity contribution in [3.8, 4) is 17.2 Å². The predicted molar refractivity (Wildman–Crippen MR) is 99.1 cm³/mol. The summed E-state index contributed by atoms with van der Waals surface area (Å²) in [7, 11) is 0. The van der Waals surface area contributed by atoms with Crippen molar-refractivity contribution in [2.24, 2.45) is 0 Å². The summed E-state index contributed by atoms with van der Waals surface area (Å²) in [4.78, 5) is 12.4. The van der Waals surface area contributed by atoms with E-state index >= 15 is 0 Å². The van der Waals surface area contributed by atoms with Crippen molar-refractivity contribution in [2.45, 2.75) is 26.2 Å². The molecule has 1 N–H and O–H groups in total. The van der Waals surface area contributed by atoms with Gasteiger partial charge in [0.25, 0.3) is 11.8 Å². The van der Waals surface area contributed by atoms with Gasteiger partial charge >= 0.3 is 6.01 Å². The molecule has 0 aliphatic heterocycles. The van der Waals surface area contributed by atoms with Gasteiger partial charge < -0.3 is 9.15 Å². The third-order valence-corrected chi connectivity index (χ3v) is 3.92. The molecule has 0 aliphatic carbocycles. The molecule has 3 rings (SSSR count). The number of unbranched alkanes of at least 4 members (excludes halogenated alkanes) is 2. The van der Waals surface area contributed by atoms with Crippen LogP contribution < -0.4 is 10.1 Å². The van der Waals surface area contributed by atoms with Crippen LogP contribution in [0.25, 0.3) is 11.5 Å². The van der Waals surface area contributed by atoms with Gasteiger partial charge in [-0.3, -0.25) is 10.1 Å². The highest BCUT2D eigenvalue weighted by atomic mass is 19.1. The van der Waals surface area contributed by atoms with E-state index in [0.29, 0.717) is 24.0 Å². The summed E-state index contributed by atoms with van der Waals surface area (Å²) < 4.78 is 37.7. The minimum Gasteiger partial charge on any atom is -0.494 e. The van der Waals surface area contributed by atoms with Crippen LogP contribution in [0.15, 0.2) is 46.9 Å². The van der Waals surface area contributed by atoms with Gasteiger partial charge in [-0.15, -0.1) is 5.10 Å². The minimum absolute atomic E-state index is 0.0584. The summed E-state index contributed by atoms with van der Waals surface area (Å²) in [5.74, 6) is -1.61. The van der Waals surface area contributed by atoms with Crippen LogP contribution in [0, 0.1) is 11.6 Å². The first-order chi connectivity index (χ1) is 13.6. The molecule has 28 heavy (non-hydrogen) atoms. The first kappa shape index (κ1) is 19.5. The van der Waals surface area contributed by atoms with Gasteiger partial charge in [0.1, 0.15) is 17.4 Å². The second-order valence-corrected chi connectivity index (χ2v) is 6.07. The third-order valence-electron chi connectivity index (χ3n) is 3.92. The molecule has 0 radical (unpaired) electrons. The largest absolute Gasteiger partial charge is 0.494 e. The van der Waals surface area contributed by atoms with Crippen LogP contribution in [-0.2, 0) is 0 Å². The number of hydrogen-bond donors (Lipinski definition) is 1. The lowest BCUT2D eigenvalue weighted by Crippen LogP contribution is -2.12. The molecule has 0 aliphatic rings. The zero-order valence-corrected chi connectivity index (χ0v) is 15.2. The molecule has 0 saturated carbocycles. The van der Waals surface area contributed by atoms with Gasteiger partial charge in [0.05, 0.1) is 12.2 Å². The van der Waals surface area contributed by atoms with Crippen LogP contribution in [0.4, 0.5) is 14.8 Å². The lowest BCUT2D eigenvalue weighted by atomic mass is 10.2. The molecule has 1 amide bonds. The normalized spacial score (nSPS) is 10.7. The third kappa shape index (κ3) is 4.91. The van der Waals surface area contributed by atoms with E-state index in [1.165, 1.54) is 6.07 Å². The number of aromatic nitrogens is 2. The van der Waals surface area contributed by atoms with Crippen molar-refractivity contribution in [3.63, 3.8) is 0 Å². The summed E-state index contributed by atoms with van der Waals surface area (Å²) in [6.07, 6.45) is 3.12. The Morgan fingerprint density at radius 1 is 1.14 bits per heavy atom. The van der Waals surface area contributed by atoms with E-state index in [-0.39, 0.29) is 17.5 Å². The standard InChI is InChI=1S/C20H19F2N3O3/c1-2-3-4-10-27-15-7-5-6-13(11-15)18(26)23-20-25-24-19(28-20)16-9-8-14(21)12-17(16)22/h5-9,11-12H,2-4,10H2,1H3,(H,23,25,26). The minimum atomic E-state index is -0.838. The molecule has 146 valence electrons. The number of carbonyl (C=O) groups is 1. The molecular formula is C20H19F2N3O3. The second kappa shape index (κ2) is 9.07. The summed E-state index contributed by atoms with van der Waals surface area (Å²) in [5.41, 5.74) is 0.289. The molecule has 3 aromatic rings. The summed E-state index contributed by atoms with van der Waals surface area (Å²) >= 11 is 0. The van der Waals surface area contributed by atoms with E-state index in [1.807, 2.05) is 0 Å². The Balaban J connectivity index is 1.66. The number of nitrogens with one attached hydrogen (secondary N) is 1. The summed E-state index contributed by atoms with van der Waals surface area (Å²) in [5, 5.41) is 9.81. The molecular weight excluding hydrogens is 368 g/mol. The Bertz CT molecular complexity index is 959. The number of carbonyl (C=O) groups excluding carboxylic acids is 1. The van der Waals surface area contributed by atoms with Gasteiger partial charge in [-0.05, 0) is 36.8 Å². The van der Waals surface area contributed by atoms with E-state index < -0.39 is 17.5 Å². The van der Waals surface area contributed by atoms with Gasteiger partial charge in [-0.1, -0.05) is 30.9 Å². The molecule has 6 nitrogen and oxygen atoms in total. The lowest BCUT2D eigenvalue weighted by Gasteiger charge is -2.07. The number of ether oxygens (including phenoxy) is 1. The average Bonchev–Trinajstić information content (AvgIpc) is 3.13. The van der Waals surface area contributed by atoms with Crippen LogP contribution in [0.5, 0.6) is 5.75 Å². The highest BCUT2D eigenvalue weighted by Crippen LogP contribution is 2.24. The molecule has 0 unspecified atom stereocenters. The van der Waals surface area contributed by atoms with Crippen molar-refractivity contribution in [3.05, 3.63) is 59.7 Å². The van der Waals surface area contributed by atoms with Gasteiger partial charge in [0.15, 0.2) is 0 Å². The first-order valence-electron chi connectivity index (χ1n) is 8.90. The Kier molecular flexibility index (Phi) is 6.31. The first-order valence-corrected chi connectivity index (χ1v) is 8.90. The zero-order chi connectivity index (χ0) is 19.9. The molecule has 0 fully saturated rings. The van der Waals surface area contributed by atoms with Crippen LogP contribution in [-0.4, -0.2) is 22.7 Å². The van der Waals surface area contributed by atoms with E-state index in [9.17, 15) is 13.6 Å². The lowest BCUT2D eigenvalue weighted by molar-refractivity contribution is 0.102. The Hall–Kier alpha value is -3.29. The number of benzene rings is 2. The average molecular weight is 387 g/mol. The maximum absolute atomic E-state index is 13.8. The van der Waals surface area contributed by atoms with Crippen LogP contribution >= 0.6 is 0 Å². The maximum Gasteiger partial charge on any atom is 0.322 e. The number of rotatable bonds is 8. The number of hydrogen-bond acceptors (Lipinski definition) is 5. The number of halogens is 2. The van der Waals surface area contributed by atoms with Gasteiger partial charge in [-0.25, -0.2) is 8.78 Å². The fourth-order valence-corrected chi connectivity index (χ4v) is 2.48. The summed E-state index contributed by atoms with van der Waals surface area (Å²) in [6, 6.07) is 9.48. The van der Waals surface area contributed by atoms with Crippen molar-refractivity contribution < 1.29 is 22.7 Å². The molecule has 0 atom stereocenters. The smallest absolute Gasteiger partial charge is 0.322 e. The van der Waals surface area contributed by atoms with Crippen LogP contribution in [0.1, 0.15) is 36.5 Å². The number of amides is 1. The highest BCUT2D eigenvalue weighted by molar-refractivity contribution is 6.03. The molecule has 8 heteroatoms. The Labute approximate surface area is 160 Å². The zero-order valence-electron chi connectivity index (χ0n) is 15.2. The van der Waals surface area contributed by atoms with Gasteiger partial charge in [0, 0.05) is 11.6 Å². The second-order valence-electron chi connectivity index (χ2n) is 6.07. The van der Waals surface area contributed by atoms with Gasteiger partial charge in [0.2, 0.25) is 0 Å². The van der Waals surface area contributed by atoms with Crippen LogP contribution in [0.2, 0.25) is 0 Å². The van der Waals surface area contributed by atoms with E-state index in [2.05, 4.69) is 22.4 Å². The molecule has 2 aromatic carbocycles. The van der Waals surface area contributed by atoms with E-state index in [4.69, 9.17) is 9.15 Å². The molecule has 1 aromatic heterocycles. The Morgan fingerprint density at radius 2 is 2.00 bits per heavy atom. The quantitative estimate of drug-likeness (QED) is 0.560. The fraction of sp³-hybridized carbons (Fsp3) is 0.250. The van der Waals surface area contributed by atoms with E-state index in [1.54, 1.807) is 24.3 Å². The molecule has 0 bridgehead atoms. The van der Waals surface area contributed by atoms with Crippen molar-refractivity contribution in [1.82, 2.24) is 10.2 Å². The SMILES string of the molecule is CCCCCOc1cccc(C(=O)Nc2nnc(-c3ccc(F)cc3F)o2)c1. The van der Waals surface area contributed by atoms with Crippen molar-refractivity contribution in [1.29, 1.82) is 0 Å². The number of nitrogens with zero attached hydrogens (tertiary/aromatic N) is 2. The predicted octanol–water partition coefficient (Wildman–Crippen LogP) is 4.84. The van der Waals surface area contributed by atoms with Gasteiger partial charge in [-0.2, -0.15) is 0 Å². The molecule has 1 heterocycles. The maximum atomic E-state index is 13.8. The van der Waals surface area contributed by atoms with Crippen LogP contribution in [0.3, 0.4) is 0 Å². The van der Waals surface area contributed by atoms with E-state index in [0.717, 1.165) is 25.3 Å². The number of anilines is 1. The molecule has 0 saturated heterocycles. The monoisotopic (exact) mass is 387 g/mol. The fourth-order valence-electron chi connectivity index (χ4n) is 2.48. The van der Waals surface area contributed by atoms with Crippen molar-refractivity contribution in [2.75, 3.05) is 11.9 Å². The summed E-state index contributed by atoms with van der Waals surface area (Å²) in [6.45, 7) is 2.69. The topological polar surface area (TPSA) is 77.2 Å². The Morgan fingerprint density at radius 3 is 2.79 bits per heavy atom. The highest BCUT2D eigenvalue weighted by Gasteiger charge is 2.16. The van der Waals surface area contributed by atoms with Crippen molar-refractivity contribution >= 4 is 11.9 Å². The molecule has 0 spiro atoms.